The number of halogens is 1. The quantitative estimate of drug-likeness (QED) is 0.729. The Balaban J connectivity index is 2.02. The van der Waals surface area contributed by atoms with Gasteiger partial charge in [0.25, 0.3) is 0 Å². The molecule has 0 heterocycles. The van der Waals surface area contributed by atoms with Crippen molar-refractivity contribution >= 4 is 5.69 Å². The van der Waals surface area contributed by atoms with Gasteiger partial charge < -0.3 is 10.2 Å². The van der Waals surface area contributed by atoms with Crippen molar-refractivity contribution in [3.63, 3.8) is 0 Å². The summed E-state index contributed by atoms with van der Waals surface area (Å²) in [7, 11) is 1.93. The third-order valence-electron chi connectivity index (χ3n) is 3.72. The summed E-state index contributed by atoms with van der Waals surface area (Å²) in [5.41, 5.74) is 2.95. The normalized spacial score (nSPS) is 10.7. The van der Waals surface area contributed by atoms with E-state index in [0.717, 1.165) is 18.7 Å². The first-order chi connectivity index (χ1) is 10.7. The molecule has 2 rings (SSSR count). The van der Waals surface area contributed by atoms with Crippen LogP contribution in [-0.4, -0.2) is 13.6 Å². The molecule has 0 aromatic heterocycles. The zero-order valence-electron chi connectivity index (χ0n) is 13.5. The molecular formula is C19H25FN2. The minimum absolute atomic E-state index is 0.171. The van der Waals surface area contributed by atoms with Gasteiger partial charge in [0.15, 0.2) is 0 Å². The van der Waals surface area contributed by atoms with E-state index in [1.165, 1.54) is 18.4 Å². The first-order valence-corrected chi connectivity index (χ1v) is 7.95. The van der Waals surface area contributed by atoms with Crippen LogP contribution in [0.3, 0.4) is 0 Å². The predicted octanol–water partition coefficient (Wildman–Crippen LogP) is 4.35. The molecule has 0 atom stereocenters. The van der Waals surface area contributed by atoms with Gasteiger partial charge in [-0.05, 0) is 36.2 Å². The molecule has 0 saturated carbocycles. The maximum Gasteiger partial charge on any atom is 0.146 e. The summed E-state index contributed by atoms with van der Waals surface area (Å²) in [6, 6.07) is 15.5. The van der Waals surface area contributed by atoms with Crippen LogP contribution >= 0.6 is 0 Å². The van der Waals surface area contributed by atoms with E-state index in [1.807, 2.05) is 42.3 Å². The standard InChI is InChI=1S/C19H25FN2/c1-3-4-12-21-14-17-10-11-18(20)19(13-17)22(2)15-16-8-6-5-7-9-16/h5-11,13,21H,3-4,12,14-15H2,1-2H3. The lowest BCUT2D eigenvalue weighted by molar-refractivity contribution is 0.616. The van der Waals surface area contributed by atoms with Crippen LogP contribution in [0.1, 0.15) is 30.9 Å². The van der Waals surface area contributed by atoms with E-state index in [1.54, 1.807) is 6.07 Å². The van der Waals surface area contributed by atoms with E-state index in [0.29, 0.717) is 12.2 Å². The molecule has 2 nitrogen and oxygen atoms in total. The number of nitrogens with one attached hydrogen (secondary N) is 1. The fourth-order valence-corrected chi connectivity index (χ4v) is 2.44. The largest absolute Gasteiger partial charge is 0.368 e. The van der Waals surface area contributed by atoms with E-state index in [-0.39, 0.29) is 5.82 Å². The Bertz CT molecular complexity index is 569. The van der Waals surface area contributed by atoms with Gasteiger partial charge in [0.1, 0.15) is 5.82 Å². The van der Waals surface area contributed by atoms with E-state index >= 15 is 0 Å². The molecule has 22 heavy (non-hydrogen) atoms. The summed E-state index contributed by atoms with van der Waals surface area (Å²) >= 11 is 0. The minimum atomic E-state index is -0.171. The number of unbranched alkanes of at least 4 members (excludes halogenated alkanes) is 1. The second-order valence-electron chi connectivity index (χ2n) is 5.66. The van der Waals surface area contributed by atoms with Crippen LogP contribution < -0.4 is 10.2 Å². The van der Waals surface area contributed by atoms with Gasteiger partial charge >= 0.3 is 0 Å². The van der Waals surface area contributed by atoms with Crippen molar-refractivity contribution < 1.29 is 4.39 Å². The van der Waals surface area contributed by atoms with Crippen molar-refractivity contribution in [1.29, 1.82) is 0 Å². The lowest BCUT2D eigenvalue weighted by atomic mass is 10.1. The number of rotatable bonds is 8. The topological polar surface area (TPSA) is 15.3 Å². The van der Waals surface area contributed by atoms with Crippen molar-refractivity contribution in [3.8, 4) is 0 Å². The summed E-state index contributed by atoms with van der Waals surface area (Å²) in [5.74, 6) is -0.171. The zero-order valence-corrected chi connectivity index (χ0v) is 13.5. The smallest absolute Gasteiger partial charge is 0.146 e. The molecule has 0 unspecified atom stereocenters. The van der Waals surface area contributed by atoms with E-state index in [9.17, 15) is 4.39 Å². The average Bonchev–Trinajstić information content (AvgIpc) is 2.54. The molecule has 2 aromatic rings. The lowest BCUT2D eigenvalue weighted by Crippen LogP contribution is -2.19. The third-order valence-corrected chi connectivity index (χ3v) is 3.72. The molecule has 0 aliphatic carbocycles. The van der Waals surface area contributed by atoms with Crippen molar-refractivity contribution in [2.45, 2.75) is 32.9 Å². The Morgan fingerprint density at radius 2 is 1.82 bits per heavy atom. The maximum atomic E-state index is 14.1. The second kappa shape index (κ2) is 8.54. The Morgan fingerprint density at radius 3 is 2.55 bits per heavy atom. The zero-order chi connectivity index (χ0) is 15.8. The highest BCUT2D eigenvalue weighted by molar-refractivity contribution is 5.50. The van der Waals surface area contributed by atoms with Crippen LogP contribution in [-0.2, 0) is 13.1 Å². The number of hydrogen-bond acceptors (Lipinski definition) is 2. The lowest BCUT2D eigenvalue weighted by Gasteiger charge is -2.21. The van der Waals surface area contributed by atoms with Crippen LogP contribution in [0.5, 0.6) is 0 Å². The molecule has 0 aliphatic rings. The van der Waals surface area contributed by atoms with Gasteiger partial charge in [-0.2, -0.15) is 0 Å². The number of benzene rings is 2. The van der Waals surface area contributed by atoms with Gasteiger partial charge in [0.05, 0.1) is 5.69 Å². The van der Waals surface area contributed by atoms with Crippen LogP contribution in [0, 0.1) is 5.82 Å². The van der Waals surface area contributed by atoms with Gasteiger partial charge in [-0.25, -0.2) is 4.39 Å². The van der Waals surface area contributed by atoms with Crippen LogP contribution in [0.4, 0.5) is 10.1 Å². The Morgan fingerprint density at radius 1 is 1.05 bits per heavy atom. The van der Waals surface area contributed by atoms with Crippen LogP contribution in [0.15, 0.2) is 48.5 Å². The van der Waals surface area contributed by atoms with Gasteiger partial charge in [-0.1, -0.05) is 49.7 Å². The average molecular weight is 300 g/mol. The molecule has 118 valence electrons. The molecule has 0 amide bonds. The summed E-state index contributed by atoms with van der Waals surface area (Å²) in [4.78, 5) is 1.96. The van der Waals surface area contributed by atoms with Gasteiger partial charge in [0, 0.05) is 20.1 Å². The Labute approximate surface area is 133 Å². The molecule has 0 spiro atoms. The Kier molecular flexibility index (Phi) is 6.41. The van der Waals surface area contributed by atoms with Gasteiger partial charge in [-0.15, -0.1) is 0 Å². The monoisotopic (exact) mass is 300 g/mol. The van der Waals surface area contributed by atoms with Crippen molar-refractivity contribution in [2.75, 3.05) is 18.5 Å². The van der Waals surface area contributed by atoms with E-state index < -0.39 is 0 Å². The molecule has 3 heteroatoms. The molecule has 0 fully saturated rings. The Hall–Kier alpha value is -1.87. The van der Waals surface area contributed by atoms with E-state index in [4.69, 9.17) is 0 Å². The molecule has 0 saturated heterocycles. The highest BCUT2D eigenvalue weighted by Gasteiger charge is 2.09. The summed E-state index contributed by atoms with van der Waals surface area (Å²) in [5, 5.41) is 3.40. The molecular weight excluding hydrogens is 275 g/mol. The van der Waals surface area contributed by atoms with Crippen LogP contribution in [0.25, 0.3) is 0 Å². The summed E-state index contributed by atoms with van der Waals surface area (Å²) < 4.78 is 14.1. The predicted molar refractivity (Wildman–Crippen MR) is 91.6 cm³/mol. The minimum Gasteiger partial charge on any atom is -0.368 e. The SMILES string of the molecule is CCCCNCc1ccc(F)c(N(C)Cc2ccccc2)c1. The van der Waals surface area contributed by atoms with Gasteiger partial charge in [-0.3, -0.25) is 0 Å². The highest BCUT2D eigenvalue weighted by atomic mass is 19.1. The molecule has 1 N–H and O–H groups in total. The highest BCUT2D eigenvalue weighted by Crippen LogP contribution is 2.21. The van der Waals surface area contributed by atoms with Crippen molar-refractivity contribution in [1.82, 2.24) is 5.32 Å². The molecule has 0 bridgehead atoms. The maximum absolute atomic E-state index is 14.1. The fraction of sp³-hybridized carbons (Fsp3) is 0.368. The molecule has 0 radical (unpaired) electrons. The van der Waals surface area contributed by atoms with Crippen molar-refractivity contribution in [3.05, 3.63) is 65.5 Å². The third kappa shape index (κ3) is 4.85. The van der Waals surface area contributed by atoms with Crippen molar-refractivity contribution in [2.24, 2.45) is 0 Å². The number of anilines is 1. The first kappa shape index (κ1) is 16.5. The van der Waals surface area contributed by atoms with Crippen LogP contribution in [0.2, 0.25) is 0 Å². The number of nitrogens with zero attached hydrogens (tertiary/aromatic N) is 1. The number of hydrogen-bond donors (Lipinski definition) is 1. The molecule has 2 aromatic carbocycles. The summed E-state index contributed by atoms with van der Waals surface area (Å²) in [6.45, 7) is 4.66. The first-order valence-electron chi connectivity index (χ1n) is 7.95. The van der Waals surface area contributed by atoms with Gasteiger partial charge in [0.2, 0.25) is 0 Å². The second-order valence-corrected chi connectivity index (χ2v) is 5.66. The molecule has 0 aliphatic heterocycles. The van der Waals surface area contributed by atoms with E-state index in [2.05, 4.69) is 24.4 Å². The summed E-state index contributed by atoms with van der Waals surface area (Å²) in [6.07, 6.45) is 2.35. The fourth-order valence-electron chi connectivity index (χ4n) is 2.44.